The predicted octanol–water partition coefficient (Wildman–Crippen LogP) is -1.94. The van der Waals surface area contributed by atoms with E-state index >= 15 is 0 Å². The van der Waals surface area contributed by atoms with Crippen LogP contribution in [0, 0.1) is 0 Å². The molecular weight excluding hydrogens is 259 g/mol. The number of rotatable bonds is 3. The smallest absolute Gasteiger partial charge is 1.00 e. The first kappa shape index (κ1) is 15.5. The van der Waals surface area contributed by atoms with E-state index < -0.39 is 20.7 Å². The third-order valence-corrected chi connectivity index (χ3v) is 4.69. The van der Waals surface area contributed by atoms with Crippen LogP contribution < -0.4 is 51.4 Å². The summed E-state index contributed by atoms with van der Waals surface area (Å²) in [6, 6.07) is 0. The molecule has 7 heteroatoms. The quantitative estimate of drug-likeness (QED) is 0.480. The molecule has 1 aliphatic carbocycles. The zero-order valence-electron chi connectivity index (χ0n) is 10.9. The summed E-state index contributed by atoms with van der Waals surface area (Å²) < 4.78 is 41.2. The van der Waals surface area contributed by atoms with Crippen molar-refractivity contribution in [1.82, 2.24) is 0 Å². The van der Waals surface area contributed by atoms with Crippen LogP contribution in [0.15, 0.2) is 0 Å². The maximum absolute atomic E-state index is 11.1. The topological polar surface area (TPSA) is 72.8 Å². The van der Waals surface area contributed by atoms with Crippen LogP contribution in [0.1, 0.15) is 34.5 Å². The van der Waals surface area contributed by atoms with E-state index in [-0.39, 0.29) is 58.9 Å². The molecule has 16 heavy (non-hydrogen) atoms. The van der Waals surface area contributed by atoms with Gasteiger partial charge in [0.2, 0.25) is 0 Å². The van der Waals surface area contributed by atoms with Gasteiger partial charge in [0, 0.05) is 0 Å². The Morgan fingerprint density at radius 1 is 1.44 bits per heavy atom. The summed E-state index contributed by atoms with van der Waals surface area (Å²) in [6.07, 6.45) is 1.14. The van der Waals surface area contributed by atoms with Crippen LogP contribution in [-0.4, -0.2) is 36.2 Å². The standard InChI is InChI=1S/C9H16O5S.K.H/c1-8(2)13-6-7(14-8)5-9(3-4-9)15(10,11)12;;/h7H,3-6H2,1-2H3,(H,10,11,12);;/q;+1;-1/t7-;;/m0../s1. The van der Waals surface area contributed by atoms with Gasteiger partial charge in [-0.25, -0.2) is 0 Å². The Labute approximate surface area is 140 Å². The fourth-order valence-electron chi connectivity index (χ4n) is 1.99. The number of hydrogen-bond donors (Lipinski definition) is 1. The molecule has 0 amide bonds. The largest absolute Gasteiger partial charge is 1.00 e. The molecule has 0 spiro atoms. The average molecular weight is 276 g/mol. The zero-order valence-corrected chi connectivity index (χ0v) is 13.8. The van der Waals surface area contributed by atoms with Crippen LogP contribution in [-0.2, 0) is 19.6 Å². The normalized spacial score (nSPS) is 30.8. The Morgan fingerprint density at radius 2 is 2.00 bits per heavy atom. The van der Waals surface area contributed by atoms with Crippen molar-refractivity contribution in [1.29, 1.82) is 0 Å². The van der Waals surface area contributed by atoms with Crippen molar-refractivity contribution in [2.45, 2.75) is 49.7 Å². The summed E-state index contributed by atoms with van der Waals surface area (Å²) in [6.45, 7) is 3.98. The van der Waals surface area contributed by atoms with Crippen LogP contribution >= 0.6 is 0 Å². The van der Waals surface area contributed by atoms with Gasteiger partial charge in [0.1, 0.15) is 4.75 Å². The minimum Gasteiger partial charge on any atom is -1.00 e. The molecule has 90 valence electrons. The molecule has 2 rings (SSSR count). The fraction of sp³-hybridized carbons (Fsp3) is 1.00. The first-order valence-electron chi connectivity index (χ1n) is 5.03. The van der Waals surface area contributed by atoms with Crippen molar-refractivity contribution in [2.75, 3.05) is 6.61 Å². The second kappa shape index (κ2) is 4.86. The molecule has 1 N–H and O–H groups in total. The molecule has 0 aromatic carbocycles. The van der Waals surface area contributed by atoms with E-state index in [4.69, 9.17) is 14.0 Å². The van der Waals surface area contributed by atoms with Crippen molar-refractivity contribution in [2.24, 2.45) is 0 Å². The van der Waals surface area contributed by atoms with Gasteiger partial charge < -0.3 is 10.9 Å². The van der Waals surface area contributed by atoms with E-state index in [2.05, 4.69) is 0 Å². The van der Waals surface area contributed by atoms with E-state index in [1.165, 1.54) is 0 Å². The zero-order chi connectivity index (χ0) is 11.3. The molecule has 1 saturated heterocycles. The average Bonchev–Trinajstić information content (AvgIpc) is 2.73. The van der Waals surface area contributed by atoms with Gasteiger partial charge in [0.25, 0.3) is 10.1 Å². The molecule has 0 bridgehead atoms. The summed E-state index contributed by atoms with van der Waals surface area (Å²) in [7, 11) is -3.95. The van der Waals surface area contributed by atoms with Gasteiger partial charge in [-0.1, -0.05) is 0 Å². The molecule has 0 unspecified atom stereocenters. The number of ether oxygens (including phenoxy) is 2. The Balaban J connectivity index is 0.00000128. The maximum atomic E-state index is 11.1. The van der Waals surface area contributed by atoms with Gasteiger partial charge in [0.15, 0.2) is 5.79 Å². The Bertz CT molecular complexity index is 366. The number of hydrogen-bond acceptors (Lipinski definition) is 4. The van der Waals surface area contributed by atoms with Gasteiger partial charge in [0.05, 0.1) is 12.7 Å². The van der Waals surface area contributed by atoms with Crippen LogP contribution in [0.3, 0.4) is 0 Å². The molecule has 0 aromatic heterocycles. The Morgan fingerprint density at radius 3 is 2.31 bits per heavy atom. The van der Waals surface area contributed by atoms with Crippen molar-refractivity contribution in [3.8, 4) is 0 Å². The minimum atomic E-state index is -3.95. The third-order valence-electron chi connectivity index (χ3n) is 3.02. The van der Waals surface area contributed by atoms with Gasteiger partial charge in [-0.2, -0.15) is 8.42 Å². The summed E-state index contributed by atoms with van der Waals surface area (Å²) in [5.41, 5.74) is 0. The van der Waals surface area contributed by atoms with Crippen molar-refractivity contribution < 1.29 is 75.3 Å². The Hall–Kier alpha value is 1.47. The first-order chi connectivity index (χ1) is 6.74. The fourth-order valence-corrected chi connectivity index (χ4v) is 3.00. The van der Waals surface area contributed by atoms with Gasteiger partial charge in [-0.3, -0.25) is 4.55 Å². The molecular formula is C9H17KO5S. The van der Waals surface area contributed by atoms with Crippen molar-refractivity contribution in [3.63, 3.8) is 0 Å². The second-order valence-corrected chi connectivity index (χ2v) is 6.63. The molecule has 1 aliphatic heterocycles. The van der Waals surface area contributed by atoms with E-state index in [9.17, 15) is 8.42 Å². The van der Waals surface area contributed by atoms with Crippen LogP contribution in [0.2, 0.25) is 0 Å². The van der Waals surface area contributed by atoms with Gasteiger partial charge in [-0.15, -0.1) is 0 Å². The molecule has 5 nitrogen and oxygen atoms in total. The van der Waals surface area contributed by atoms with Gasteiger partial charge in [-0.05, 0) is 33.1 Å². The molecule has 1 saturated carbocycles. The SMILES string of the molecule is CC1(C)OC[C@H](CC2(S(=O)(=O)O)CC2)O1.[H-].[K+]. The summed E-state index contributed by atoms with van der Waals surface area (Å²) >= 11 is 0. The first-order valence-corrected chi connectivity index (χ1v) is 6.47. The minimum absolute atomic E-state index is 0. The third kappa shape index (κ3) is 3.27. The van der Waals surface area contributed by atoms with Crippen molar-refractivity contribution >= 4 is 10.1 Å². The monoisotopic (exact) mass is 276 g/mol. The summed E-state index contributed by atoms with van der Waals surface area (Å²) in [4.78, 5) is 0. The second-order valence-electron chi connectivity index (χ2n) is 4.81. The maximum Gasteiger partial charge on any atom is 1.00 e. The van der Waals surface area contributed by atoms with E-state index in [1.54, 1.807) is 13.8 Å². The van der Waals surface area contributed by atoms with E-state index in [0.29, 0.717) is 25.9 Å². The molecule has 0 radical (unpaired) electrons. The van der Waals surface area contributed by atoms with E-state index in [1.807, 2.05) is 0 Å². The van der Waals surface area contributed by atoms with Crippen molar-refractivity contribution in [3.05, 3.63) is 0 Å². The van der Waals surface area contributed by atoms with Crippen LogP contribution in [0.5, 0.6) is 0 Å². The van der Waals surface area contributed by atoms with Gasteiger partial charge >= 0.3 is 51.4 Å². The summed E-state index contributed by atoms with van der Waals surface area (Å²) in [5.74, 6) is -0.639. The molecule has 1 heterocycles. The Kier molecular flexibility index (Phi) is 4.72. The predicted molar refractivity (Wildman–Crippen MR) is 54.1 cm³/mol. The molecule has 2 fully saturated rings. The molecule has 1 atom stereocenters. The van der Waals surface area contributed by atoms with E-state index in [0.717, 1.165) is 0 Å². The van der Waals surface area contributed by atoms with Crippen LogP contribution in [0.25, 0.3) is 0 Å². The molecule has 0 aromatic rings. The summed E-state index contributed by atoms with van der Waals surface area (Å²) in [5, 5.41) is 0. The van der Waals surface area contributed by atoms with Crippen LogP contribution in [0.4, 0.5) is 0 Å². The molecule has 2 aliphatic rings.